The molecule has 0 radical (unpaired) electrons. The Morgan fingerprint density at radius 1 is 0.756 bits per heavy atom. The molecule has 1 aliphatic heterocycles. The summed E-state index contributed by atoms with van der Waals surface area (Å²) in [7, 11) is -17.7. The van der Waals surface area contributed by atoms with Gasteiger partial charge in [-0.15, -0.1) is 0 Å². The summed E-state index contributed by atoms with van der Waals surface area (Å²) in [6.45, 7) is 2.14. The van der Waals surface area contributed by atoms with Crippen molar-refractivity contribution in [2.45, 2.75) is 199 Å². The number of imidazole rings is 1. The number of nitrogens with zero attached hydrogens (tertiary/aromatic N) is 4. The van der Waals surface area contributed by atoms with Crippen LogP contribution in [0.4, 0.5) is 5.82 Å². The summed E-state index contributed by atoms with van der Waals surface area (Å²) in [4.78, 5) is 97.4. The van der Waals surface area contributed by atoms with E-state index in [1.54, 1.807) is 0 Å². The van der Waals surface area contributed by atoms with E-state index in [4.69, 9.17) is 10.5 Å². The lowest BCUT2D eigenvalue weighted by molar-refractivity contribution is -0.347. The van der Waals surface area contributed by atoms with Crippen LogP contribution in [-0.4, -0.2) is 114 Å². The maximum absolute atomic E-state index is 12.7. The number of unbranched alkanes of at least 4 members (excludes halogenated alkanes) is 12. The van der Waals surface area contributed by atoms with E-state index in [9.17, 15) is 63.0 Å². The number of rotatable bonds is 47. The highest BCUT2D eigenvalue weighted by Crippen LogP contribution is 2.56. The first-order valence-electron chi connectivity index (χ1n) is 29.5. The minimum absolute atomic E-state index is 0.00744. The number of thioether (sulfide) groups is 1. The van der Waals surface area contributed by atoms with Crippen LogP contribution in [0, 0.1) is 5.41 Å². The quantitative estimate of drug-likeness (QED) is 0.0219. The smallest absolute Gasteiger partial charge is 0.274 e. The monoisotopic (exact) mass is 1290 g/mol. The van der Waals surface area contributed by atoms with E-state index < -0.39 is 90.7 Å². The molecule has 0 aliphatic carbocycles. The number of nitrogens with one attached hydrogen (secondary N) is 2. The number of amides is 2. The fraction of sp³-hybridized carbons (Fsp3) is 0.649. The average molecular weight is 1290 g/mol. The number of anilines is 1. The molecular weight excluding hydrogens is 1200 g/mol. The number of hydrogen-bond acceptors (Lipinski definition) is 23. The maximum atomic E-state index is 12.7. The van der Waals surface area contributed by atoms with Crippen LogP contribution in [0.5, 0.6) is 0 Å². The van der Waals surface area contributed by atoms with E-state index in [2.05, 4.69) is 123 Å². The normalized spacial score (nSPS) is 19.2. The number of hydrogen-bond donors (Lipinski definition) is 6. The first kappa shape index (κ1) is 76.2. The predicted octanol–water partition coefficient (Wildman–Crippen LogP) is 7.05. The Bertz CT molecular complexity index is 2650. The first-order chi connectivity index (χ1) is 40.9. The number of carbonyl (C=O) groups is 3. The number of aliphatic hydroxyl groups is 3. The van der Waals surface area contributed by atoms with Crippen molar-refractivity contribution in [1.82, 2.24) is 30.2 Å². The lowest BCUT2D eigenvalue weighted by Crippen LogP contribution is -2.46. The molecule has 2 aromatic rings. The Morgan fingerprint density at radius 3 is 1.86 bits per heavy atom. The van der Waals surface area contributed by atoms with Gasteiger partial charge in [-0.3, -0.25) is 28.1 Å². The molecule has 29 heteroatoms. The molecule has 1 aliphatic rings. The molecule has 0 bridgehead atoms. The van der Waals surface area contributed by atoms with Gasteiger partial charge in [0.15, 0.2) is 22.8 Å². The van der Waals surface area contributed by atoms with Crippen LogP contribution in [-0.2, 0) is 50.7 Å². The van der Waals surface area contributed by atoms with Gasteiger partial charge in [-0.1, -0.05) is 176 Å². The van der Waals surface area contributed by atoms with Crippen LogP contribution in [0.3, 0.4) is 0 Å². The second-order valence-electron chi connectivity index (χ2n) is 21.3. The molecule has 3 heterocycles. The van der Waals surface area contributed by atoms with E-state index in [1.165, 1.54) is 65.2 Å². The van der Waals surface area contributed by atoms with Gasteiger partial charge in [0, 0.05) is 37.1 Å². The number of aromatic nitrogens is 4. The molecule has 3 rings (SSSR count). The number of phosphoric acid groups is 3. The average Bonchev–Trinajstić information content (AvgIpc) is 1.67. The summed E-state index contributed by atoms with van der Waals surface area (Å²) >= 11 is 0.989. The maximum Gasteiger partial charge on any atom is 0.274 e. The van der Waals surface area contributed by atoms with E-state index in [1.807, 2.05) is 0 Å². The second kappa shape index (κ2) is 42.0. The Balaban J connectivity index is 1.15. The third-order valence-corrected chi connectivity index (χ3v) is 17.3. The van der Waals surface area contributed by atoms with Crippen molar-refractivity contribution in [3.8, 4) is 0 Å². The highest BCUT2D eigenvalue weighted by molar-refractivity contribution is 8.13. The summed E-state index contributed by atoms with van der Waals surface area (Å²) < 4.78 is 61.0. The minimum Gasteiger partial charge on any atom is -0.790 e. The Hall–Kier alpha value is -4.04. The number of allylic oxidation sites excluding steroid dienone is 12. The van der Waals surface area contributed by atoms with E-state index >= 15 is 0 Å². The highest BCUT2D eigenvalue weighted by Gasteiger charge is 2.47. The van der Waals surface area contributed by atoms with Gasteiger partial charge in [-0.05, 0) is 57.8 Å². The number of aliphatic hydroxyl groups excluding tert-OH is 3. The van der Waals surface area contributed by atoms with Crippen LogP contribution in [0.25, 0.3) is 11.2 Å². The zero-order chi connectivity index (χ0) is 63.3. The molecule has 2 unspecified atom stereocenters. The summed E-state index contributed by atoms with van der Waals surface area (Å²) in [5.41, 5.74) is 4.07. The number of fused-ring (bicyclic) bond motifs is 1. The second-order valence-corrected chi connectivity index (χ2v) is 26.5. The van der Waals surface area contributed by atoms with Gasteiger partial charge in [0.25, 0.3) is 15.6 Å². The molecule has 1 saturated heterocycles. The minimum atomic E-state index is -5.94. The zero-order valence-electron chi connectivity index (χ0n) is 49.7. The molecule has 0 spiro atoms. The Morgan fingerprint density at radius 2 is 1.29 bits per heavy atom. The van der Waals surface area contributed by atoms with Crippen molar-refractivity contribution in [1.29, 1.82) is 0 Å². The van der Waals surface area contributed by atoms with Crippen molar-refractivity contribution in [2.24, 2.45) is 5.41 Å². The van der Waals surface area contributed by atoms with Crippen LogP contribution >= 0.6 is 35.2 Å². The largest absolute Gasteiger partial charge is 0.790 e. The molecule has 0 aromatic carbocycles. The predicted molar refractivity (Wildman–Crippen MR) is 322 cm³/mol. The lowest BCUT2D eigenvalue weighted by atomic mass is 9.87. The molecular formula is C57H90N7O18P3S-4. The van der Waals surface area contributed by atoms with Gasteiger partial charge in [0.05, 0.1) is 33.5 Å². The molecule has 25 nitrogen and oxygen atoms in total. The zero-order valence-corrected chi connectivity index (χ0v) is 53.2. The lowest BCUT2D eigenvalue weighted by Gasteiger charge is -2.36. The first-order valence-corrected chi connectivity index (χ1v) is 34.9. The van der Waals surface area contributed by atoms with Crippen LogP contribution in [0.15, 0.2) is 85.6 Å². The number of nitrogens with two attached hydrogens (primary N) is 1. The third-order valence-electron chi connectivity index (χ3n) is 13.4. The molecule has 2 aromatic heterocycles. The van der Waals surface area contributed by atoms with Gasteiger partial charge in [-0.2, -0.15) is 0 Å². The Labute approximate surface area is 510 Å². The van der Waals surface area contributed by atoms with E-state index in [0.717, 1.165) is 99.6 Å². The number of phosphoric ester groups is 3. The molecule has 7 N–H and O–H groups in total. The molecule has 8 atom stereocenters. The van der Waals surface area contributed by atoms with Crippen molar-refractivity contribution >= 4 is 69.1 Å². The molecule has 0 saturated carbocycles. The summed E-state index contributed by atoms with van der Waals surface area (Å²) in [6, 6.07) is 0. The van der Waals surface area contributed by atoms with E-state index in [0.29, 0.717) is 6.42 Å². The van der Waals surface area contributed by atoms with Crippen LogP contribution in [0.1, 0.15) is 168 Å². The summed E-state index contributed by atoms with van der Waals surface area (Å²) in [5, 5.41) is 36.6. The van der Waals surface area contributed by atoms with Crippen molar-refractivity contribution in [3.05, 3.63) is 85.6 Å². The Kier molecular flexibility index (Phi) is 37.3. The molecule has 1 fully saturated rings. The van der Waals surface area contributed by atoms with Gasteiger partial charge in [0.1, 0.15) is 36.3 Å². The molecule has 486 valence electrons. The topological polar surface area (TPSA) is 395 Å². The van der Waals surface area contributed by atoms with Crippen LogP contribution < -0.4 is 35.9 Å². The van der Waals surface area contributed by atoms with Gasteiger partial charge in [-0.25, -0.2) is 19.3 Å². The standard InChI is InChI=1S/C57H94N7O18P3S/c1-4-5-6-7-8-9-10-11-12-13-14-15-16-17-18-19-20-21-22-23-24-25-26-27-28-29-30-31-32-33-34-35-45(65)40-48(67)86-39-38-59-47(66)36-37-60-55(70)52(69)57(2,3)42-79-85(76,77)82-84(74,75)78-41-46-51(81-83(71,72)73)50(68)56(80-46)64-44-63-49-53(58)61-43-62-54(49)64/h5-6,8-9,11-12,14-15,17-18,20-21,43-46,50-52,56,65,68-69H,4,7,10,13,16,19,22-42H2,1-3H3,(H,59,66)(H,60,70)(H,74,75)(H,76,77)(H2,58,61,62)(H2,71,72,73)/p-4/b6-5-,9-8-,12-11-,15-14-,18-17-,21-20-/t45-,46-,50-,51-,52+,56-/m1/s1. The summed E-state index contributed by atoms with van der Waals surface area (Å²) in [6.07, 6.45) is 40.2. The van der Waals surface area contributed by atoms with Crippen molar-refractivity contribution in [3.63, 3.8) is 0 Å². The molecule has 86 heavy (non-hydrogen) atoms. The number of carbonyl (C=O) groups excluding carboxylic acids is 3. The van der Waals surface area contributed by atoms with Gasteiger partial charge in [0.2, 0.25) is 11.8 Å². The highest BCUT2D eigenvalue weighted by atomic mass is 32.2. The van der Waals surface area contributed by atoms with Crippen molar-refractivity contribution in [2.75, 3.05) is 37.8 Å². The van der Waals surface area contributed by atoms with Gasteiger partial charge < -0.3 is 74.1 Å². The fourth-order valence-corrected chi connectivity index (χ4v) is 12.2. The number of ether oxygens (including phenoxy) is 1. The third kappa shape index (κ3) is 33.0. The van der Waals surface area contributed by atoms with E-state index in [-0.39, 0.29) is 53.8 Å². The van der Waals surface area contributed by atoms with Gasteiger partial charge >= 0.3 is 0 Å². The van der Waals surface area contributed by atoms with Crippen molar-refractivity contribution < 1.29 is 85.6 Å². The SMILES string of the molecule is CC/C=C\C/C=C\C/C=C\C/C=C\C/C=C\C/C=C\CCCCCCCCCCCCCC[C@@H](O)CC(=O)SCCNC(=O)CCNC(=O)[C@H](O)C(C)(C)COP(=O)([O-])OP(=O)([O-])OC[C@H]1O[C@@H](n2cnc3c(N)ncnc32)[C@H](O)[C@@H]1OP(=O)([O-])[O-]. The number of nitrogen functional groups attached to an aromatic ring is 1. The summed E-state index contributed by atoms with van der Waals surface area (Å²) in [5.74, 6) is -1.34. The van der Waals surface area contributed by atoms with Crippen LogP contribution in [0.2, 0.25) is 0 Å². The molecule has 2 amide bonds. The fourth-order valence-electron chi connectivity index (χ4n) is 8.68.